The first-order valence-corrected chi connectivity index (χ1v) is 7.19. The second-order valence-electron chi connectivity index (χ2n) is 4.20. The molecule has 1 N–H and O–H groups in total. The molecule has 0 aromatic heterocycles. The Morgan fingerprint density at radius 3 is 2.63 bits per heavy atom. The van der Waals surface area contributed by atoms with Gasteiger partial charge in [-0.15, -0.1) is 11.8 Å². The largest absolute Gasteiger partial charge is 0.389 e. The molecule has 19 heavy (non-hydrogen) atoms. The first-order valence-electron chi connectivity index (χ1n) is 6.20. The van der Waals surface area contributed by atoms with Crippen molar-refractivity contribution < 1.29 is 5.11 Å². The van der Waals surface area contributed by atoms with E-state index in [9.17, 15) is 5.11 Å². The van der Waals surface area contributed by atoms with Gasteiger partial charge >= 0.3 is 0 Å². The summed E-state index contributed by atoms with van der Waals surface area (Å²) in [7, 11) is 0. The lowest BCUT2D eigenvalue weighted by Crippen LogP contribution is -1.90. The Hall–Kier alpha value is -1.69. The van der Waals surface area contributed by atoms with Crippen LogP contribution in [0, 0.1) is 11.8 Å². The summed E-state index contributed by atoms with van der Waals surface area (Å²) >= 11 is 1.69. The van der Waals surface area contributed by atoms with Crippen molar-refractivity contribution in [3.8, 4) is 11.8 Å². The molecule has 1 unspecified atom stereocenters. The molecule has 2 aromatic rings. The van der Waals surface area contributed by atoms with E-state index in [4.69, 9.17) is 0 Å². The predicted molar refractivity (Wildman–Crippen MR) is 81.1 cm³/mol. The average Bonchev–Trinajstić information content (AvgIpc) is 2.45. The van der Waals surface area contributed by atoms with Crippen LogP contribution in [0.3, 0.4) is 0 Å². The molecule has 0 amide bonds. The van der Waals surface area contributed by atoms with Gasteiger partial charge in [0.2, 0.25) is 0 Å². The summed E-state index contributed by atoms with van der Waals surface area (Å²) < 4.78 is 0. The van der Waals surface area contributed by atoms with E-state index in [1.165, 1.54) is 0 Å². The minimum Gasteiger partial charge on any atom is -0.389 e. The van der Waals surface area contributed by atoms with E-state index < -0.39 is 6.10 Å². The van der Waals surface area contributed by atoms with Crippen LogP contribution in [0.4, 0.5) is 0 Å². The molecule has 0 aliphatic rings. The molecular formula is C17H16OS. The lowest BCUT2D eigenvalue weighted by Gasteiger charge is -2.05. The van der Waals surface area contributed by atoms with Crippen LogP contribution >= 0.6 is 11.8 Å². The molecule has 2 aromatic carbocycles. The molecule has 2 heteroatoms. The fraction of sp³-hybridized carbons (Fsp3) is 0.176. The van der Waals surface area contributed by atoms with Gasteiger partial charge in [-0.1, -0.05) is 42.2 Å². The highest BCUT2D eigenvalue weighted by Gasteiger charge is 2.01. The first kappa shape index (κ1) is 13.7. The van der Waals surface area contributed by atoms with Crippen LogP contribution in [0.1, 0.15) is 24.2 Å². The van der Waals surface area contributed by atoms with Gasteiger partial charge in [0.1, 0.15) is 0 Å². The van der Waals surface area contributed by atoms with Crippen LogP contribution in [0.25, 0.3) is 0 Å². The monoisotopic (exact) mass is 268 g/mol. The summed E-state index contributed by atoms with van der Waals surface area (Å²) in [6, 6.07) is 17.9. The molecule has 0 bridgehead atoms. The van der Waals surface area contributed by atoms with Gasteiger partial charge in [0.15, 0.2) is 0 Å². The van der Waals surface area contributed by atoms with Crippen molar-refractivity contribution in [3.63, 3.8) is 0 Å². The van der Waals surface area contributed by atoms with E-state index in [1.807, 2.05) is 54.6 Å². The van der Waals surface area contributed by atoms with Gasteiger partial charge in [-0.2, -0.15) is 0 Å². The van der Waals surface area contributed by atoms with Crippen molar-refractivity contribution >= 4 is 11.8 Å². The molecule has 2 rings (SSSR count). The summed E-state index contributed by atoms with van der Waals surface area (Å²) in [5.41, 5.74) is 1.99. The molecule has 1 nitrogen and oxygen atoms in total. The first-order chi connectivity index (χ1) is 9.25. The van der Waals surface area contributed by atoms with Gasteiger partial charge in [0.05, 0.1) is 11.9 Å². The topological polar surface area (TPSA) is 20.2 Å². The predicted octanol–water partition coefficient (Wildman–Crippen LogP) is 3.88. The maximum Gasteiger partial charge on any atom is 0.0762 e. The molecule has 96 valence electrons. The highest BCUT2D eigenvalue weighted by atomic mass is 32.2. The van der Waals surface area contributed by atoms with Crippen LogP contribution in [0.2, 0.25) is 0 Å². The number of thioether (sulfide) groups is 1. The Labute approximate surface area is 118 Å². The normalized spacial score (nSPS) is 11.5. The molecule has 0 aliphatic heterocycles. The minimum atomic E-state index is -0.420. The van der Waals surface area contributed by atoms with Crippen LogP contribution in [0.15, 0.2) is 59.5 Å². The highest BCUT2D eigenvalue weighted by molar-refractivity contribution is 7.99. The second kappa shape index (κ2) is 7.04. The zero-order valence-corrected chi connectivity index (χ0v) is 11.7. The SMILES string of the molecule is CC(O)c1cccc(SCC#Cc2ccccc2)c1. The number of benzene rings is 2. The summed E-state index contributed by atoms with van der Waals surface area (Å²) in [5.74, 6) is 7.03. The van der Waals surface area contributed by atoms with E-state index in [2.05, 4.69) is 11.8 Å². The zero-order chi connectivity index (χ0) is 13.5. The molecule has 0 radical (unpaired) electrons. The van der Waals surface area contributed by atoms with E-state index in [1.54, 1.807) is 18.7 Å². The van der Waals surface area contributed by atoms with Crippen molar-refractivity contribution in [1.29, 1.82) is 0 Å². The van der Waals surface area contributed by atoms with Gasteiger partial charge in [-0.3, -0.25) is 0 Å². The molecule has 0 spiro atoms. The van der Waals surface area contributed by atoms with Gasteiger partial charge < -0.3 is 5.11 Å². The molecule has 0 aliphatic carbocycles. The van der Waals surface area contributed by atoms with Crippen LogP contribution in [-0.4, -0.2) is 10.9 Å². The van der Waals surface area contributed by atoms with Crippen molar-refractivity contribution in [2.75, 3.05) is 5.75 Å². The number of hydrogen-bond acceptors (Lipinski definition) is 2. The molecule has 0 fully saturated rings. The maximum atomic E-state index is 9.53. The van der Waals surface area contributed by atoms with Gasteiger partial charge in [-0.05, 0) is 36.8 Å². The lowest BCUT2D eigenvalue weighted by molar-refractivity contribution is 0.199. The fourth-order valence-electron chi connectivity index (χ4n) is 1.64. The van der Waals surface area contributed by atoms with E-state index >= 15 is 0 Å². The second-order valence-corrected chi connectivity index (χ2v) is 5.25. The summed E-state index contributed by atoms with van der Waals surface area (Å²) in [6.45, 7) is 1.78. The Morgan fingerprint density at radius 1 is 1.11 bits per heavy atom. The summed E-state index contributed by atoms with van der Waals surface area (Å²) in [5, 5.41) is 9.53. The highest BCUT2D eigenvalue weighted by Crippen LogP contribution is 2.21. The molecule has 0 heterocycles. The maximum absolute atomic E-state index is 9.53. The number of rotatable bonds is 3. The third-order valence-electron chi connectivity index (χ3n) is 2.66. The van der Waals surface area contributed by atoms with Crippen molar-refractivity contribution in [3.05, 3.63) is 65.7 Å². The summed E-state index contributed by atoms with van der Waals surface area (Å²) in [4.78, 5) is 1.14. The smallest absolute Gasteiger partial charge is 0.0762 e. The third kappa shape index (κ3) is 4.48. The standard InChI is InChI=1S/C17H16OS/c1-14(18)16-10-5-11-17(13-16)19-12-6-9-15-7-3-2-4-8-15/h2-5,7-8,10-11,13-14,18H,12H2,1H3. The quantitative estimate of drug-likeness (QED) is 0.673. The van der Waals surface area contributed by atoms with Crippen molar-refractivity contribution in [2.45, 2.75) is 17.9 Å². The number of aliphatic hydroxyl groups excluding tert-OH is 1. The molecule has 0 saturated heterocycles. The number of hydrogen-bond donors (Lipinski definition) is 1. The molecule has 0 saturated carbocycles. The van der Waals surface area contributed by atoms with E-state index in [0.29, 0.717) is 0 Å². The minimum absolute atomic E-state index is 0.420. The Balaban J connectivity index is 1.93. The zero-order valence-electron chi connectivity index (χ0n) is 10.8. The summed E-state index contributed by atoms with van der Waals surface area (Å²) in [6.07, 6.45) is -0.420. The van der Waals surface area contributed by atoms with Gasteiger partial charge in [0.25, 0.3) is 0 Å². The lowest BCUT2D eigenvalue weighted by atomic mass is 10.1. The van der Waals surface area contributed by atoms with Gasteiger partial charge in [0, 0.05) is 10.5 Å². The van der Waals surface area contributed by atoms with Crippen LogP contribution in [-0.2, 0) is 0 Å². The van der Waals surface area contributed by atoms with Crippen molar-refractivity contribution in [2.24, 2.45) is 0 Å². The Morgan fingerprint density at radius 2 is 1.89 bits per heavy atom. The Bertz CT molecular complexity index is 579. The van der Waals surface area contributed by atoms with E-state index in [0.717, 1.165) is 21.8 Å². The Kier molecular flexibility index (Phi) is 5.09. The van der Waals surface area contributed by atoms with Crippen LogP contribution < -0.4 is 0 Å². The van der Waals surface area contributed by atoms with Crippen LogP contribution in [0.5, 0.6) is 0 Å². The number of aliphatic hydroxyl groups is 1. The third-order valence-corrected chi connectivity index (χ3v) is 3.53. The fourth-order valence-corrected chi connectivity index (χ4v) is 2.35. The average molecular weight is 268 g/mol. The van der Waals surface area contributed by atoms with Crippen molar-refractivity contribution in [1.82, 2.24) is 0 Å². The van der Waals surface area contributed by atoms with E-state index in [-0.39, 0.29) is 0 Å². The molecule has 1 atom stereocenters. The van der Waals surface area contributed by atoms with Gasteiger partial charge in [-0.25, -0.2) is 0 Å². The molecular weight excluding hydrogens is 252 g/mol.